The van der Waals surface area contributed by atoms with Gasteiger partial charge in [-0.1, -0.05) is 54.9 Å². The van der Waals surface area contributed by atoms with Gasteiger partial charge in [0.15, 0.2) is 17.2 Å². The highest BCUT2D eigenvalue weighted by Gasteiger charge is 2.33. The largest absolute Gasteiger partial charge is 0.377 e. The molecule has 2 aromatic carbocycles. The predicted octanol–water partition coefficient (Wildman–Crippen LogP) is 4.52. The molecule has 6 rings (SSSR count). The second-order valence-electron chi connectivity index (χ2n) is 13.9. The molecule has 0 bridgehead atoms. The standard InChI is InChI=1S/C39H50N8O7S/c1-8-10-15-33-40-37-34(35(41-44(37)6)39(49)45-20-18-43(5)19-21-45)38(48)46(33)23-28-16-17-30(29(22-28)24-53-9-2)31-13-11-12-14-32(31)55(50,51)47(25-52-7)36-26(3)27(4)54-42-36/h11-14,16-17,22H,8-10,15,18-21,23-25H2,1-7H3. The second-order valence-corrected chi connectivity index (χ2v) is 15.7. The molecule has 0 atom stereocenters. The van der Waals surface area contributed by atoms with E-state index in [1.807, 2.05) is 32.2 Å². The molecule has 5 aromatic rings. The van der Waals surface area contributed by atoms with Gasteiger partial charge in [0, 0.05) is 64.5 Å². The summed E-state index contributed by atoms with van der Waals surface area (Å²) in [5.74, 6) is 0.975. The Balaban J connectivity index is 1.44. The van der Waals surface area contributed by atoms with Crippen LogP contribution in [0.15, 0.2) is 56.7 Å². The van der Waals surface area contributed by atoms with Crippen molar-refractivity contribution in [3.05, 3.63) is 86.8 Å². The van der Waals surface area contributed by atoms with Crippen LogP contribution in [-0.4, -0.2) is 102 Å². The summed E-state index contributed by atoms with van der Waals surface area (Å²) >= 11 is 0. The van der Waals surface area contributed by atoms with Gasteiger partial charge in [0.1, 0.15) is 23.7 Å². The fourth-order valence-corrected chi connectivity index (χ4v) is 8.41. The van der Waals surface area contributed by atoms with Gasteiger partial charge in [0.25, 0.3) is 21.5 Å². The molecule has 1 aliphatic rings. The minimum Gasteiger partial charge on any atom is -0.377 e. The van der Waals surface area contributed by atoms with Crippen LogP contribution in [0, 0.1) is 13.8 Å². The van der Waals surface area contributed by atoms with Gasteiger partial charge >= 0.3 is 0 Å². The summed E-state index contributed by atoms with van der Waals surface area (Å²) in [6.07, 6.45) is 2.28. The van der Waals surface area contributed by atoms with Crippen molar-refractivity contribution in [3.63, 3.8) is 0 Å². The van der Waals surface area contributed by atoms with E-state index in [0.29, 0.717) is 60.0 Å². The van der Waals surface area contributed by atoms with E-state index in [4.69, 9.17) is 19.0 Å². The van der Waals surface area contributed by atoms with Crippen molar-refractivity contribution >= 4 is 32.8 Å². The van der Waals surface area contributed by atoms with Crippen molar-refractivity contribution in [3.8, 4) is 11.1 Å². The van der Waals surface area contributed by atoms with Crippen LogP contribution < -0.4 is 9.86 Å². The number of carbonyl (C=O) groups excluding carboxylic acids is 1. The number of piperazine rings is 1. The maximum Gasteiger partial charge on any atom is 0.275 e. The van der Waals surface area contributed by atoms with Gasteiger partial charge in [-0.15, -0.1) is 0 Å². The molecule has 0 aliphatic carbocycles. The average molecular weight is 775 g/mol. The van der Waals surface area contributed by atoms with Crippen LogP contribution >= 0.6 is 0 Å². The maximum atomic E-state index is 14.5. The Labute approximate surface area is 321 Å². The molecule has 294 valence electrons. The molecule has 0 radical (unpaired) electrons. The first kappa shape index (κ1) is 39.8. The van der Waals surface area contributed by atoms with Crippen LogP contribution in [0.4, 0.5) is 5.82 Å². The van der Waals surface area contributed by atoms with E-state index in [0.717, 1.165) is 41.4 Å². The van der Waals surface area contributed by atoms with Gasteiger partial charge < -0.3 is 23.8 Å². The van der Waals surface area contributed by atoms with Gasteiger partial charge in [-0.3, -0.25) is 14.2 Å². The summed E-state index contributed by atoms with van der Waals surface area (Å²) in [6, 6.07) is 12.5. The summed E-state index contributed by atoms with van der Waals surface area (Å²) < 4.78 is 49.7. The highest BCUT2D eigenvalue weighted by Crippen LogP contribution is 2.35. The summed E-state index contributed by atoms with van der Waals surface area (Å²) in [5, 5.41) is 8.78. The molecule has 3 aromatic heterocycles. The number of aryl methyl sites for hydroxylation is 3. The third kappa shape index (κ3) is 7.94. The molecule has 0 N–H and O–H groups in total. The molecule has 0 spiro atoms. The zero-order valence-electron chi connectivity index (χ0n) is 32.7. The lowest BCUT2D eigenvalue weighted by atomic mass is 9.97. The number of carbonyl (C=O) groups is 1. The molecule has 1 aliphatic heterocycles. The average Bonchev–Trinajstić information content (AvgIpc) is 3.70. The SMILES string of the molecule is CCCCc1nc2c(c(C(=O)N3CCN(C)CC3)nn2C)c(=O)n1Cc1ccc(-c2ccccc2S(=O)(=O)N(COC)c2noc(C)c2C)c(COCC)c1. The lowest BCUT2D eigenvalue weighted by Crippen LogP contribution is -2.47. The lowest BCUT2D eigenvalue weighted by Gasteiger charge is -2.31. The zero-order chi connectivity index (χ0) is 39.4. The molecule has 1 amide bonds. The van der Waals surface area contributed by atoms with Gasteiger partial charge in [-0.2, -0.15) is 5.10 Å². The van der Waals surface area contributed by atoms with E-state index in [9.17, 15) is 18.0 Å². The third-order valence-corrected chi connectivity index (χ3v) is 11.9. The number of amides is 1. The number of benzene rings is 2. The highest BCUT2D eigenvalue weighted by molar-refractivity contribution is 7.93. The number of ether oxygens (including phenoxy) is 2. The van der Waals surface area contributed by atoms with Gasteiger partial charge in [0.05, 0.1) is 18.0 Å². The van der Waals surface area contributed by atoms with Crippen molar-refractivity contribution in [2.45, 2.75) is 65.0 Å². The van der Waals surface area contributed by atoms with Crippen LogP contribution in [0.3, 0.4) is 0 Å². The first-order chi connectivity index (χ1) is 26.4. The number of fused-ring (bicyclic) bond motifs is 1. The molecule has 16 heteroatoms. The van der Waals surface area contributed by atoms with Crippen LogP contribution in [0.25, 0.3) is 22.2 Å². The van der Waals surface area contributed by atoms with E-state index in [2.05, 4.69) is 22.1 Å². The molecule has 0 saturated carbocycles. The number of hydrogen-bond donors (Lipinski definition) is 0. The Morgan fingerprint density at radius 3 is 2.44 bits per heavy atom. The van der Waals surface area contributed by atoms with Crippen LogP contribution in [-0.2, 0) is 46.1 Å². The molecule has 1 saturated heterocycles. The Kier molecular flexibility index (Phi) is 12.2. The van der Waals surface area contributed by atoms with Crippen LogP contribution in [0.1, 0.15) is 65.5 Å². The van der Waals surface area contributed by atoms with Gasteiger partial charge in [-0.05, 0) is 57.0 Å². The molecule has 15 nitrogen and oxygen atoms in total. The highest BCUT2D eigenvalue weighted by atomic mass is 32.2. The summed E-state index contributed by atoms with van der Waals surface area (Å²) in [5.41, 5.74) is 3.39. The van der Waals surface area contributed by atoms with E-state index in [-0.39, 0.29) is 53.1 Å². The topological polar surface area (TPSA) is 158 Å². The fraction of sp³-hybridized carbons (Fsp3) is 0.462. The monoisotopic (exact) mass is 774 g/mol. The molecular formula is C39H50N8O7S. The number of likely N-dealkylation sites (N-methyl/N-ethyl adjacent to an activating group) is 1. The number of unbranched alkanes of at least 4 members (excludes halogenated alkanes) is 1. The van der Waals surface area contributed by atoms with Gasteiger partial charge in [-0.25, -0.2) is 22.4 Å². The number of methoxy groups -OCH3 is 1. The number of anilines is 1. The van der Waals surface area contributed by atoms with Gasteiger partial charge in [0.2, 0.25) is 0 Å². The van der Waals surface area contributed by atoms with Crippen molar-refractivity contribution in [1.82, 2.24) is 34.3 Å². The van der Waals surface area contributed by atoms with E-state index in [1.54, 1.807) is 54.6 Å². The lowest BCUT2D eigenvalue weighted by molar-refractivity contribution is 0.0659. The Hall–Kier alpha value is -4.90. The van der Waals surface area contributed by atoms with Crippen molar-refractivity contribution < 1.29 is 27.2 Å². The molecular weight excluding hydrogens is 725 g/mol. The second kappa shape index (κ2) is 16.9. The third-order valence-electron chi connectivity index (χ3n) is 10.1. The first-order valence-corrected chi connectivity index (χ1v) is 20.0. The normalized spacial score (nSPS) is 13.9. The molecule has 0 unspecified atom stereocenters. The number of aromatic nitrogens is 5. The van der Waals surface area contributed by atoms with Crippen molar-refractivity contribution in [2.24, 2.45) is 7.05 Å². The molecule has 55 heavy (non-hydrogen) atoms. The van der Waals surface area contributed by atoms with Crippen LogP contribution in [0.2, 0.25) is 0 Å². The Bertz CT molecular complexity index is 2340. The quantitative estimate of drug-likeness (QED) is 0.138. The van der Waals surface area contributed by atoms with E-state index in [1.165, 1.54) is 11.8 Å². The number of rotatable bonds is 15. The molecule has 1 fully saturated rings. The number of sulfonamides is 1. The van der Waals surface area contributed by atoms with Crippen LogP contribution in [0.5, 0.6) is 0 Å². The summed E-state index contributed by atoms with van der Waals surface area (Å²) in [4.78, 5) is 37.2. The Morgan fingerprint density at radius 2 is 1.76 bits per heavy atom. The first-order valence-electron chi connectivity index (χ1n) is 18.6. The maximum absolute atomic E-state index is 14.5. The Morgan fingerprint density at radius 1 is 1.02 bits per heavy atom. The fourth-order valence-electron chi connectivity index (χ4n) is 6.83. The van der Waals surface area contributed by atoms with E-state index >= 15 is 0 Å². The minimum absolute atomic E-state index is 0.0550. The van der Waals surface area contributed by atoms with Crippen molar-refractivity contribution in [2.75, 3.05) is 58.0 Å². The van der Waals surface area contributed by atoms with E-state index < -0.39 is 10.0 Å². The van der Waals surface area contributed by atoms with Crippen molar-refractivity contribution in [1.29, 1.82) is 0 Å². The molecule has 4 heterocycles. The smallest absolute Gasteiger partial charge is 0.275 e. The number of hydrogen-bond acceptors (Lipinski definition) is 11. The number of nitrogens with zero attached hydrogens (tertiary/aromatic N) is 8. The predicted molar refractivity (Wildman–Crippen MR) is 209 cm³/mol. The summed E-state index contributed by atoms with van der Waals surface area (Å²) in [7, 11) is 0.937. The summed E-state index contributed by atoms with van der Waals surface area (Å²) in [6.45, 7) is 10.5. The minimum atomic E-state index is -4.21. The zero-order valence-corrected chi connectivity index (χ0v) is 33.5.